The van der Waals surface area contributed by atoms with Gasteiger partial charge in [0.25, 0.3) is 0 Å². The Bertz CT molecular complexity index is 1220. The molecule has 0 radical (unpaired) electrons. The largest absolute Gasteiger partial charge is 0.387 e. The molecule has 0 spiro atoms. The number of aliphatic hydroxyl groups is 1. The highest BCUT2D eigenvalue weighted by molar-refractivity contribution is 9.12. The summed E-state index contributed by atoms with van der Waals surface area (Å²) >= 11 is 7.10. The van der Waals surface area contributed by atoms with Crippen molar-refractivity contribution in [1.29, 1.82) is 0 Å². The summed E-state index contributed by atoms with van der Waals surface area (Å²) in [5.41, 5.74) is 0.947. The number of fused-ring (bicyclic) bond motifs is 2. The van der Waals surface area contributed by atoms with E-state index in [0.717, 1.165) is 5.56 Å². The molecule has 204 valence electrons. The molecule has 0 aromatic heterocycles. The Kier molecular flexibility index (Phi) is 7.35. The van der Waals surface area contributed by atoms with Gasteiger partial charge in [-0.2, -0.15) is 0 Å². The minimum absolute atomic E-state index is 0.127. The predicted molar refractivity (Wildman–Crippen MR) is 142 cm³/mol. The summed E-state index contributed by atoms with van der Waals surface area (Å²) in [5, 5.41) is 11.2. The van der Waals surface area contributed by atoms with Crippen LogP contribution < -0.4 is 4.72 Å². The van der Waals surface area contributed by atoms with E-state index in [1.807, 2.05) is 6.92 Å². The zero-order valence-corrected chi connectivity index (χ0v) is 25.0. The van der Waals surface area contributed by atoms with Gasteiger partial charge in [0.1, 0.15) is 36.6 Å². The second kappa shape index (κ2) is 9.76. The van der Waals surface area contributed by atoms with Crippen LogP contribution in [0.5, 0.6) is 0 Å². The molecule has 1 aromatic rings. The van der Waals surface area contributed by atoms with Crippen LogP contribution in [0.1, 0.15) is 33.3 Å². The van der Waals surface area contributed by atoms with E-state index in [2.05, 4.69) is 36.6 Å². The number of hydrogen-bond acceptors (Lipinski definition) is 8. The first-order valence-electron chi connectivity index (χ1n) is 12.0. The standard InChI is InChI=1S/C25H31Br2NO8S/c1-12-6-8-13(9-7-12)37(30,31)28-18-16(10-14(26)20-22(18)35-24(2,3)33-20)32-17-11-15(27)21-23(19(17)29)36-25(4,5)34-21/h6-11,16-23,28-29H,1-5H3/t16-,17-,18+,19+,20+,21+,22-,23-/m0/s1. The first-order chi connectivity index (χ1) is 17.2. The van der Waals surface area contributed by atoms with Crippen LogP contribution in [0, 0.1) is 6.92 Å². The second-order valence-electron chi connectivity index (χ2n) is 10.7. The van der Waals surface area contributed by atoms with Crippen LogP contribution in [0.25, 0.3) is 0 Å². The van der Waals surface area contributed by atoms with E-state index < -0.39 is 70.4 Å². The van der Waals surface area contributed by atoms with Crippen molar-refractivity contribution in [3.63, 3.8) is 0 Å². The zero-order valence-electron chi connectivity index (χ0n) is 21.1. The molecule has 0 amide bonds. The van der Waals surface area contributed by atoms with Gasteiger partial charge in [0.15, 0.2) is 11.6 Å². The van der Waals surface area contributed by atoms with Gasteiger partial charge >= 0.3 is 0 Å². The number of aryl methyl sites for hydroxylation is 1. The molecule has 2 N–H and O–H groups in total. The number of benzene rings is 1. The smallest absolute Gasteiger partial charge is 0.241 e. The summed E-state index contributed by atoms with van der Waals surface area (Å²) in [6.07, 6.45) is -1.53. The topological polar surface area (TPSA) is 113 Å². The molecule has 2 aliphatic heterocycles. The summed E-state index contributed by atoms with van der Waals surface area (Å²) in [7, 11) is -3.94. The van der Waals surface area contributed by atoms with Crippen molar-refractivity contribution in [2.24, 2.45) is 0 Å². The third-order valence-corrected chi connectivity index (χ3v) is 9.67. The monoisotopic (exact) mass is 663 g/mol. The summed E-state index contributed by atoms with van der Waals surface area (Å²) < 4.78 is 61.5. The number of aliphatic hydroxyl groups excluding tert-OH is 1. The highest BCUT2D eigenvalue weighted by Gasteiger charge is 2.55. The average molecular weight is 665 g/mol. The molecule has 9 nitrogen and oxygen atoms in total. The van der Waals surface area contributed by atoms with Crippen molar-refractivity contribution in [2.45, 2.75) is 99.9 Å². The molecule has 5 rings (SSSR count). The lowest BCUT2D eigenvalue weighted by Crippen LogP contribution is -2.58. The Morgan fingerprint density at radius 1 is 0.865 bits per heavy atom. The van der Waals surface area contributed by atoms with Crippen LogP contribution in [0.2, 0.25) is 0 Å². The van der Waals surface area contributed by atoms with Crippen molar-refractivity contribution in [2.75, 3.05) is 0 Å². The molecule has 2 fully saturated rings. The number of nitrogens with one attached hydrogen (secondary N) is 1. The van der Waals surface area contributed by atoms with Crippen molar-refractivity contribution < 1.29 is 37.2 Å². The van der Waals surface area contributed by atoms with Crippen LogP contribution in [0.3, 0.4) is 0 Å². The van der Waals surface area contributed by atoms with Gasteiger partial charge < -0.3 is 28.8 Å². The minimum Gasteiger partial charge on any atom is -0.387 e. The minimum atomic E-state index is -3.94. The summed E-state index contributed by atoms with van der Waals surface area (Å²) in [6.45, 7) is 9.00. The van der Waals surface area contributed by atoms with E-state index in [4.69, 9.17) is 23.7 Å². The van der Waals surface area contributed by atoms with Crippen molar-refractivity contribution >= 4 is 41.9 Å². The van der Waals surface area contributed by atoms with Gasteiger partial charge in [-0.05, 0) is 58.9 Å². The number of sulfonamides is 1. The molecule has 0 saturated carbocycles. The predicted octanol–water partition coefficient (Wildman–Crippen LogP) is 3.38. The normalized spacial score (nSPS) is 38.5. The lowest BCUT2D eigenvalue weighted by Gasteiger charge is -2.40. The molecular formula is C25H31Br2NO8S. The Hall–Kier alpha value is -0.670. The Balaban J connectivity index is 1.46. The molecule has 2 saturated heterocycles. The molecule has 12 heteroatoms. The fraction of sp³-hybridized carbons (Fsp3) is 0.600. The summed E-state index contributed by atoms with van der Waals surface area (Å²) in [6, 6.07) is 5.74. The van der Waals surface area contributed by atoms with E-state index >= 15 is 0 Å². The maximum atomic E-state index is 13.4. The molecule has 0 unspecified atom stereocenters. The van der Waals surface area contributed by atoms with E-state index in [9.17, 15) is 13.5 Å². The molecular weight excluding hydrogens is 634 g/mol. The fourth-order valence-electron chi connectivity index (χ4n) is 5.12. The van der Waals surface area contributed by atoms with Gasteiger partial charge in [0, 0.05) is 8.96 Å². The van der Waals surface area contributed by atoms with Crippen molar-refractivity contribution in [1.82, 2.24) is 4.72 Å². The van der Waals surface area contributed by atoms with Gasteiger partial charge in [0.05, 0.1) is 17.0 Å². The molecule has 8 atom stereocenters. The van der Waals surface area contributed by atoms with Crippen LogP contribution >= 0.6 is 31.9 Å². The third-order valence-electron chi connectivity index (χ3n) is 6.77. The average Bonchev–Trinajstić information content (AvgIpc) is 3.31. The summed E-state index contributed by atoms with van der Waals surface area (Å²) in [4.78, 5) is 0.127. The van der Waals surface area contributed by atoms with Crippen molar-refractivity contribution in [3.8, 4) is 0 Å². The van der Waals surface area contributed by atoms with Gasteiger partial charge in [-0.1, -0.05) is 49.6 Å². The number of rotatable bonds is 5. The molecule has 0 bridgehead atoms. The van der Waals surface area contributed by atoms with E-state index in [0.29, 0.717) is 8.96 Å². The molecule has 4 aliphatic rings. The maximum Gasteiger partial charge on any atom is 0.241 e. The van der Waals surface area contributed by atoms with E-state index in [1.54, 1.807) is 64.1 Å². The van der Waals surface area contributed by atoms with Crippen LogP contribution in [-0.2, 0) is 33.7 Å². The Morgan fingerprint density at radius 2 is 1.38 bits per heavy atom. The van der Waals surface area contributed by atoms with Crippen molar-refractivity contribution in [3.05, 3.63) is 50.9 Å². The maximum absolute atomic E-state index is 13.4. The number of ether oxygens (including phenoxy) is 5. The second-order valence-corrected chi connectivity index (χ2v) is 14.2. The lowest BCUT2D eigenvalue weighted by atomic mass is 9.92. The third kappa shape index (κ3) is 5.52. The molecule has 37 heavy (non-hydrogen) atoms. The fourth-order valence-corrected chi connectivity index (χ4v) is 7.61. The van der Waals surface area contributed by atoms with E-state index in [1.165, 1.54) is 0 Å². The first-order valence-corrected chi connectivity index (χ1v) is 15.1. The van der Waals surface area contributed by atoms with Gasteiger partial charge in [-0.25, -0.2) is 13.1 Å². The molecule has 1 aromatic carbocycles. The SMILES string of the molecule is Cc1ccc(S(=O)(=O)N[C@H]2[C@@H]3OC(C)(C)O[C@@H]3C(Br)=C[C@@H]2O[C@H]2C=C(Br)[C@H]3OC(C)(C)O[C@H]3[C@@H]2O)cc1. The van der Waals surface area contributed by atoms with Crippen LogP contribution in [0.15, 0.2) is 50.3 Å². The van der Waals surface area contributed by atoms with Crippen LogP contribution in [0.4, 0.5) is 0 Å². The highest BCUT2D eigenvalue weighted by Crippen LogP contribution is 2.43. The Labute approximate surface area is 233 Å². The quantitative estimate of drug-likeness (QED) is 0.493. The Morgan fingerprint density at radius 3 is 1.97 bits per heavy atom. The summed E-state index contributed by atoms with van der Waals surface area (Å²) in [5.74, 6) is -1.81. The zero-order chi connectivity index (χ0) is 26.9. The number of halogens is 2. The number of hydrogen-bond donors (Lipinski definition) is 2. The molecule has 2 heterocycles. The van der Waals surface area contributed by atoms with E-state index in [-0.39, 0.29) is 4.90 Å². The highest BCUT2D eigenvalue weighted by atomic mass is 79.9. The van der Waals surface area contributed by atoms with Crippen LogP contribution in [-0.4, -0.2) is 73.9 Å². The lowest BCUT2D eigenvalue weighted by molar-refractivity contribution is -0.166. The first kappa shape index (κ1) is 27.9. The molecule has 2 aliphatic carbocycles. The van der Waals surface area contributed by atoms with Gasteiger partial charge in [0.2, 0.25) is 10.0 Å². The van der Waals surface area contributed by atoms with Gasteiger partial charge in [-0.3, -0.25) is 0 Å². The van der Waals surface area contributed by atoms with Gasteiger partial charge in [-0.15, -0.1) is 0 Å².